The number of rotatable bonds is 4. The van der Waals surface area contributed by atoms with Crippen molar-refractivity contribution in [2.75, 3.05) is 5.32 Å². The summed E-state index contributed by atoms with van der Waals surface area (Å²) in [6.45, 7) is 5.31. The Bertz CT molecular complexity index is 919. The van der Waals surface area contributed by atoms with Gasteiger partial charge in [-0.15, -0.1) is 0 Å². The van der Waals surface area contributed by atoms with Crippen molar-refractivity contribution in [2.24, 2.45) is 0 Å². The van der Waals surface area contributed by atoms with Crippen LogP contribution < -0.4 is 5.32 Å². The van der Waals surface area contributed by atoms with Gasteiger partial charge in [0.25, 0.3) is 0 Å². The molecule has 0 saturated carbocycles. The van der Waals surface area contributed by atoms with Crippen LogP contribution in [0.25, 0.3) is 11.3 Å². The molecule has 6 heteroatoms. The van der Waals surface area contributed by atoms with Gasteiger partial charge in [0.05, 0.1) is 0 Å². The molecule has 1 unspecified atom stereocenters. The second-order valence-electron chi connectivity index (χ2n) is 6.03. The minimum absolute atomic E-state index is 0.309. The molecule has 1 amide bonds. The summed E-state index contributed by atoms with van der Waals surface area (Å²) in [5.41, 5.74) is 3.16. The highest BCUT2D eigenvalue weighted by Gasteiger charge is 2.20. The quantitative estimate of drug-likeness (QED) is 0.680. The summed E-state index contributed by atoms with van der Waals surface area (Å²) < 4.78 is 24.5. The highest BCUT2D eigenvalue weighted by atomic mass is 19.1. The topological polar surface area (TPSA) is 64.4 Å². The normalized spacial score (nSPS) is 11.8. The molecule has 134 valence electrons. The van der Waals surface area contributed by atoms with E-state index in [1.807, 2.05) is 31.2 Å². The van der Waals surface area contributed by atoms with E-state index in [4.69, 9.17) is 9.26 Å². The van der Waals surface area contributed by atoms with Gasteiger partial charge in [-0.3, -0.25) is 5.32 Å². The smallest absolute Gasteiger partial charge is 0.412 e. The fraction of sp³-hybridized carbons (Fsp3) is 0.200. The molecule has 2 aromatic carbocycles. The van der Waals surface area contributed by atoms with E-state index < -0.39 is 18.0 Å². The Morgan fingerprint density at radius 3 is 2.54 bits per heavy atom. The molecule has 3 aromatic rings. The third kappa shape index (κ3) is 3.74. The number of benzene rings is 2. The van der Waals surface area contributed by atoms with Gasteiger partial charge in [-0.1, -0.05) is 53.2 Å². The number of amides is 1. The van der Waals surface area contributed by atoms with Crippen LogP contribution in [0.4, 0.5) is 14.9 Å². The highest BCUT2D eigenvalue weighted by Crippen LogP contribution is 2.31. The molecular formula is C20H19FN2O3. The number of hydrogen-bond donors (Lipinski definition) is 1. The van der Waals surface area contributed by atoms with Crippen LogP contribution >= 0.6 is 0 Å². The molecule has 0 radical (unpaired) electrons. The summed E-state index contributed by atoms with van der Waals surface area (Å²) >= 11 is 0. The Balaban J connectivity index is 1.77. The Morgan fingerprint density at radius 1 is 1.15 bits per heavy atom. The molecule has 0 fully saturated rings. The van der Waals surface area contributed by atoms with Crippen molar-refractivity contribution in [3.05, 3.63) is 71.2 Å². The van der Waals surface area contributed by atoms with Crippen molar-refractivity contribution in [1.29, 1.82) is 0 Å². The van der Waals surface area contributed by atoms with Crippen LogP contribution in [0.15, 0.2) is 53.1 Å². The molecule has 1 atom stereocenters. The number of nitrogens with zero attached hydrogens (tertiary/aromatic N) is 1. The van der Waals surface area contributed by atoms with Crippen molar-refractivity contribution >= 4 is 11.8 Å². The van der Waals surface area contributed by atoms with Gasteiger partial charge in [-0.2, -0.15) is 0 Å². The van der Waals surface area contributed by atoms with E-state index >= 15 is 0 Å². The van der Waals surface area contributed by atoms with E-state index in [2.05, 4.69) is 10.5 Å². The molecule has 0 aliphatic heterocycles. The lowest BCUT2D eigenvalue weighted by Gasteiger charge is -2.15. The van der Waals surface area contributed by atoms with Crippen molar-refractivity contribution < 1.29 is 18.4 Å². The molecule has 0 spiro atoms. The first-order chi connectivity index (χ1) is 12.5. The zero-order valence-corrected chi connectivity index (χ0v) is 14.7. The zero-order valence-electron chi connectivity index (χ0n) is 14.7. The molecular weight excluding hydrogens is 335 g/mol. The highest BCUT2D eigenvalue weighted by molar-refractivity contribution is 5.90. The molecule has 1 N–H and O–H groups in total. The second-order valence-corrected chi connectivity index (χ2v) is 6.03. The SMILES string of the molecule is Cc1ccc(-c2onc(C)c2NC(=O)OC(C)c2ccccc2F)cc1. The first kappa shape index (κ1) is 17.7. The molecule has 1 heterocycles. The van der Waals surface area contributed by atoms with Crippen molar-refractivity contribution in [3.63, 3.8) is 0 Å². The molecule has 0 aliphatic carbocycles. The zero-order chi connectivity index (χ0) is 18.7. The van der Waals surface area contributed by atoms with Gasteiger partial charge in [0, 0.05) is 11.1 Å². The lowest BCUT2D eigenvalue weighted by Crippen LogP contribution is -2.17. The Morgan fingerprint density at radius 2 is 1.85 bits per heavy atom. The largest absolute Gasteiger partial charge is 0.441 e. The first-order valence-electron chi connectivity index (χ1n) is 8.21. The van der Waals surface area contributed by atoms with Gasteiger partial charge in [0.1, 0.15) is 23.3 Å². The molecule has 26 heavy (non-hydrogen) atoms. The fourth-order valence-electron chi connectivity index (χ4n) is 2.58. The number of anilines is 1. The van der Waals surface area contributed by atoms with E-state index in [0.29, 0.717) is 22.7 Å². The minimum Gasteiger partial charge on any atom is -0.441 e. The van der Waals surface area contributed by atoms with Gasteiger partial charge < -0.3 is 9.26 Å². The van der Waals surface area contributed by atoms with Gasteiger partial charge in [-0.05, 0) is 26.8 Å². The number of halogens is 1. The van der Waals surface area contributed by atoms with Crippen LogP contribution in [0.3, 0.4) is 0 Å². The minimum atomic E-state index is -0.737. The molecule has 0 saturated heterocycles. The van der Waals surface area contributed by atoms with Crippen molar-refractivity contribution in [1.82, 2.24) is 5.16 Å². The van der Waals surface area contributed by atoms with Crippen molar-refractivity contribution in [2.45, 2.75) is 26.9 Å². The molecule has 0 bridgehead atoms. The van der Waals surface area contributed by atoms with E-state index in [1.165, 1.54) is 6.07 Å². The lowest BCUT2D eigenvalue weighted by atomic mass is 10.1. The fourth-order valence-corrected chi connectivity index (χ4v) is 2.58. The van der Waals surface area contributed by atoms with Crippen LogP contribution in [0.5, 0.6) is 0 Å². The number of aryl methyl sites for hydroxylation is 2. The van der Waals surface area contributed by atoms with E-state index in [9.17, 15) is 9.18 Å². The molecule has 0 aliphatic rings. The van der Waals surface area contributed by atoms with Gasteiger partial charge in [0.15, 0.2) is 5.76 Å². The standard InChI is InChI=1S/C20H19FN2O3/c1-12-8-10-15(11-9-12)19-18(13(2)23-26-19)22-20(24)25-14(3)16-6-4-5-7-17(16)21/h4-11,14H,1-3H3,(H,22,24). The average Bonchev–Trinajstić information content (AvgIpc) is 2.96. The molecule has 3 rings (SSSR count). The number of hydrogen-bond acceptors (Lipinski definition) is 4. The van der Waals surface area contributed by atoms with Crippen LogP contribution in [-0.4, -0.2) is 11.2 Å². The summed E-state index contributed by atoms with van der Waals surface area (Å²) in [6, 6.07) is 13.8. The maximum Gasteiger partial charge on any atom is 0.412 e. The summed E-state index contributed by atoms with van der Waals surface area (Å²) in [6.07, 6.45) is -1.44. The third-order valence-electron chi connectivity index (χ3n) is 4.03. The lowest BCUT2D eigenvalue weighted by molar-refractivity contribution is 0.119. The van der Waals surface area contributed by atoms with E-state index in [1.54, 1.807) is 32.0 Å². The monoisotopic (exact) mass is 354 g/mol. The summed E-state index contributed by atoms with van der Waals surface area (Å²) in [5.74, 6) is 0.0206. The van der Waals surface area contributed by atoms with Gasteiger partial charge in [0.2, 0.25) is 0 Å². The molecule has 1 aromatic heterocycles. The van der Waals surface area contributed by atoms with Crippen LogP contribution in [0, 0.1) is 19.7 Å². The second kappa shape index (κ2) is 7.39. The predicted octanol–water partition coefficient (Wildman–Crippen LogP) is 5.41. The first-order valence-corrected chi connectivity index (χ1v) is 8.21. The van der Waals surface area contributed by atoms with Gasteiger partial charge in [-0.25, -0.2) is 9.18 Å². The summed E-state index contributed by atoms with van der Waals surface area (Å²) in [4.78, 5) is 12.3. The maximum atomic E-state index is 13.8. The van der Waals surface area contributed by atoms with Crippen molar-refractivity contribution in [3.8, 4) is 11.3 Å². The Labute approximate surface area is 150 Å². The third-order valence-corrected chi connectivity index (χ3v) is 4.03. The number of nitrogens with one attached hydrogen (secondary N) is 1. The Kier molecular flexibility index (Phi) is 5.02. The summed E-state index contributed by atoms with van der Waals surface area (Å²) in [5, 5.41) is 6.57. The number of carbonyl (C=O) groups excluding carboxylic acids is 1. The maximum absolute atomic E-state index is 13.8. The number of ether oxygens (including phenoxy) is 1. The van der Waals surface area contributed by atoms with Gasteiger partial charge >= 0.3 is 6.09 Å². The Hall–Kier alpha value is -3.15. The van der Waals surface area contributed by atoms with E-state index in [0.717, 1.165) is 11.1 Å². The summed E-state index contributed by atoms with van der Waals surface area (Å²) in [7, 11) is 0. The predicted molar refractivity (Wildman–Crippen MR) is 96.3 cm³/mol. The van der Waals surface area contributed by atoms with Crippen LogP contribution in [-0.2, 0) is 4.74 Å². The average molecular weight is 354 g/mol. The van der Waals surface area contributed by atoms with E-state index in [-0.39, 0.29) is 0 Å². The van der Waals surface area contributed by atoms with Crippen LogP contribution in [0.1, 0.15) is 29.8 Å². The molecule has 5 nitrogen and oxygen atoms in total. The van der Waals surface area contributed by atoms with Crippen LogP contribution in [0.2, 0.25) is 0 Å². The number of carbonyl (C=O) groups is 1. The number of aromatic nitrogens is 1.